The smallest absolute Gasteiger partial charge is 0.393 e. The average molecular weight is 486 g/mol. The van der Waals surface area contributed by atoms with Crippen molar-refractivity contribution in [1.82, 2.24) is 20.5 Å². The second-order valence-electron chi connectivity index (χ2n) is 8.59. The van der Waals surface area contributed by atoms with Crippen LogP contribution in [0.5, 0.6) is 11.5 Å². The van der Waals surface area contributed by atoms with Gasteiger partial charge in [0.25, 0.3) is 0 Å². The van der Waals surface area contributed by atoms with Crippen molar-refractivity contribution in [2.24, 2.45) is 0 Å². The summed E-state index contributed by atoms with van der Waals surface area (Å²) in [6.45, 7) is 1.73. The van der Waals surface area contributed by atoms with Gasteiger partial charge in [0.1, 0.15) is 0 Å². The zero-order valence-corrected chi connectivity index (χ0v) is 19.3. The Morgan fingerprint density at radius 3 is 2.54 bits per heavy atom. The highest BCUT2D eigenvalue weighted by Gasteiger charge is 2.32. The highest BCUT2D eigenvalue weighted by molar-refractivity contribution is 5.93. The van der Waals surface area contributed by atoms with Crippen molar-refractivity contribution in [3.8, 4) is 34.2 Å². The van der Waals surface area contributed by atoms with Gasteiger partial charge in [0.05, 0.1) is 26.3 Å². The molecule has 1 fully saturated rings. The summed E-state index contributed by atoms with van der Waals surface area (Å²) in [5.41, 5.74) is 2.22. The number of H-pyrrole nitrogens is 1. The number of alkyl halides is 3. The van der Waals surface area contributed by atoms with Crippen molar-refractivity contribution >= 4 is 10.9 Å². The van der Waals surface area contributed by atoms with Gasteiger partial charge in [-0.2, -0.15) is 13.2 Å². The molecule has 3 heterocycles. The Balaban J connectivity index is 1.58. The molecule has 0 unspecified atom stereocenters. The molecule has 7 nitrogen and oxygen atoms in total. The molecule has 2 aromatic heterocycles. The Morgan fingerprint density at radius 2 is 1.83 bits per heavy atom. The van der Waals surface area contributed by atoms with Crippen molar-refractivity contribution in [3.63, 3.8) is 0 Å². The third-order valence-electron chi connectivity index (χ3n) is 6.29. The first-order valence-corrected chi connectivity index (χ1v) is 11.3. The van der Waals surface area contributed by atoms with Crippen LogP contribution in [-0.2, 0) is 6.42 Å². The maximum atomic E-state index is 13.6. The van der Waals surface area contributed by atoms with E-state index in [1.807, 2.05) is 0 Å². The Morgan fingerprint density at radius 1 is 1.03 bits per heavy atom. The number of ether oxygens (including phenoxy) is 2. The van der Waals surface area contributed by atoms with E-state index in [2.05, 4.69) is 20.5 Å². The molecule has 0 saturated carbocycles. The van der Waals surface area contributed by atoms with Crippen LogP contribution in [0.15, 0.2) is 40.8 Å². The molecular weight excluding hydrogens is 461 g/mol. The minimum absolute atomic E-state index is 0.137. The summed E-state index contributed by atoms with van der Waals surface area (Å²) in [6, 6.07) is 10.2. The van der Waals surface area contributed by atoms with Crippen LogP contribution in [0.4, 0.5) is 13.2 Å². The number of fused-ring (bicyclic) bond motifs is 1. The van der Waals surface area contributed by atoms with Crippen molar-refractivity contribution in [1.29, 1.82) is 0 Å². The van der Waals surface area contributed by atoms with Crippen molar-refractivity contribution < 1.29 is 27.1 Å². The number of nitrogens with zero attached hydrogens (tertiary/aromatic N) is 2. The van der Waals surface area contributed by atoms with Crippen LogP contribution in [0.2, 0.25) is 0 Å². The number of aromatic nitrogens is 3. The lowest BCUT2D eigenvalue weighted by atomic mass is 10.00. The number of hydrogen-bond acceptors (Lipinski definition) is 6. The highest BCUT2D eigenvalue weighted by atomic mass is 19.4. The number of nitrogens with one attached hydrogen (secondary N) is 2. The van der Waals surface area contributed by atoms with Crippen molar-refractivity contribution in [3.05, 3.63) is 47.9 Å². The lowest BCUT2D eigenvalue weighted by Gasteiger charge is -2.18. The quantitative estimate of drug-likeness (QED) is 0.376. The molecule has 1 aliphatic heterocycles. The van der Waals surface area contributed by atoms with Crippen LogP contribution >= 0.6 is 0 Å². The van der Waals surface area contributed by atoms with Crippen LogP contribution in [0.25, 0.3) is 33.6 Å². The second-order valence-corrected chi connectivity index (χ2v) is 8.59. The Hall–Kier alpha value is -3.53. The van der Waals surface area contributed by atoms with Crippen LogP contribution in [-0.4, -0.2) is 48.7 Å². The summed E-state index contributed by atoms with van der Waals surface area (Å²) in [4.78, 5) is 3.16. The van der Waals surface area contributed by atoms with E-state index in [4.69, 9.17) is 13.9 Å². The lowest BCUT2D eigenvalue weighted by Crippen LogP contribution is -2.28. The van der Waals surface area contributed by atoms with Crippen LogP contribution in [0.1, 0.15) is 30.2 Å². The Bertz CT molecular complexity index is 1340. The van der Waals surface area contributed by atoms with Gasteiger partial charge < -0.3 is 24.2 Å². The summed E-state index contributed by atoms with van der Waals surface area (Å²) in [5.74, 6) is 1.89. The van der Waals surface area contributed by atoms with Crippen LogP contribution < -0.4 is 14.8 Å². The van der Waals surface area contributed by atoms with E-state index in [0.717, 1.165) is 25.9 Å². The summed E-state index contributed by atoms with van der Waals surface area (Å²) >= 11 is 0. The maximum Gasteiger partial charge on any atom is 0.393 e. The first-order valence-electron chi connectivity index (χ1n) is 11.3. The van der Waals surface area contributed by atoms with Gasteiger partial charge in [0.15, 0.2) is 11.5 Å². The molecule has 1 aliphatic rings. The van der Waals surface area contributed by atoms with Crippen molar-refractivity contribution in [2.75, 3.05) is 27.3 Å². The molecule has 1 saturated heterocycles. The van der Waals surface area contributed by atoms with Gasteiger partial charge in [-0.1, -0.05) is 0 Å². The lowest BCUT2D eigenvalue weighted by molar-refractivity contribution is -0.126. The molecule has 2 aromatic carbocycles. The van der Waals surface area contributed by atoms with E-state index in [-0.39, 0.29) is 11.5 Å². The molecule has 0 bridgehead atoms. The molecule has 4 aromatic rings. The Kier molecular flexibility index (Phi) is 6.14. The number of hydrogen-bond donors (Lipinski definition) is 2. The first kappa shape index (κ1) is 23.2. The fourth-order valence-corrected chi connectivity index (χ4v) is 4.58. The zero-order valence-electron chi connectivity index (χ0n) is 19.3. The van der Waals surface area contributed by atoms with E-state index < -0.39 is 12.6 Å². The van der Waals surface area contributed by atoms with E-state index in [1.54, 1.807) is 36.4 Å². The van der Waals surface area contributed by atoms with Gasteiger partial charge in [0.2, 0.25) is 11.8 Å². The Labute approximate surface area is 199 Å². The number of methoxy groups -OCH3 is 2. The van der Waals surface area contributed by atoms with Gasteiger partial charge in [0, 0.05) is 34.5 Å². The predicted octanol–water partition coefficient (Wildman–Crippen LogP) is 5.47. The third kappa shape index (κ3) is 4.70. The van der Waals surface area contributed by atoms with E-state index in [1.165, 1.54) is 14.2 Å². The van der Waals surface area contributed by atoms with Gasteiger partial charge in [-0.05, 0) is 61.3 Å². The molecule has 0 aliphatic carbocycles. The van der Waals surface area contributed by atoms with E-state index >= 15 is 0 Å². The van der Waals surface area contributed by atoms with Crippen molar-refractivity contribution in [2.45, 2.75) is 31.4 Å². The van der Waals surface area contributed by atoms with Crippen LogP contribution in [0, 0.1) is 0 Å². The molecule has 0 radical (unpaired) electrons. The molecule has 35 heavy (non-hydrogen) atoms. The number of piperidine rings is 1. The molecule has 2 N–H and O–H groups in total. The van der Waals surface area contributed by atoms with Gasteiger partial charge in [-0.3, -0.25) is 0 Å². The predicted molar refractivity (Wildman–Crippen MR) is 125 cm³/mol. The summed E-state index contributed by atoms with van der Waals surface area (Å²) in [5, 5.41) is 12.1. The van der Waals surface area contributed by atoms with Crippen LogP contribution in [0.3, 0.4) is 0 Å². The normalized spacial score (nSPS) is 16.5. The summed E-state index contributed by atoms with van der Waals surface area (Å²) in [7, 11) is 2.99. The molecule has 0 spiro atoms. The topological polar surface area (TPSA) is 85.2 Å². The molecule has 10 heteroatoms. The fraction of sp³-hybridized carbons (Fsp3) is 0.360. The molecule has 184 valence electrons. The van der Waals surface area contributed by atoms with Gasteiger partial charge >= 0.3 is 6.18 Å². The highest BCUT2D eigenvalue weighted by Crippen LogP contribution is 2.39. The maximum absolute atomic E-state index is 13.6. The average Bonchev–Trinajstić information content (AvgIpc) is 3.48. The monoisotopic (exact) mass is 486 g/mol. The standard InChI is InChI=1S/C25H25F3N4O3/c1-33-20-8-6-14(11-21(20)34-2)22-18(12-25(26,27)28)17-10-15(5-7-19(17)30-22)23-31-32-24(35-23)16-4-3-9-29-13-16/h5-8,10-11,16,29-30H,3-4,9,12-13H2,1-2H3/t16-/m1/s1. The minimum Gasteiger partial charge on any atom is -0.493 e. The number of rotatable bonds is 6. The number of aromatic amines is 1. The number of benzene rings is 2. The first-order chi connectivity index (χ1) is 16.9. The largest absolute Gasteiger partial charge is 0.493 e. The van der Waals surface area contributed by atoms with E-state index in [9.17, 15) is 13.2 Å². The van der Waals surface area contributed by atoms with Gasteiger partial charge in [-0.15, -0.1) is 10.2 Å². The fourth-order valence-electron chi connectivity index (χ4n) is 4.58. The van der Waals surface area contributed by atoms with Gasteiger partial charge in [-0.25, -0.2) is 0 Å². The SMILES string of the molecule is COc1ccc(-c2[nH]c3ccc(-c4nnc([C@@H]5CCCNC5)o4)cc3c2CC(F)(F)F)cc1OC. The van der Waals surface area contributed by atoms with E-state index in [0.29, 0.717) is 51.0 Å². The summed E-state index contributed by atoms with van der Waals surface area (Å²) in [6.07, 6.45) is -3.52. The third-order valence-corrected chi connectivity index (χ3v) is 6.29. The molecular formula is C25H25F3N4O3. The minimum atomic E-state index is -4.40. The number of halogens is 3. The molecule has 5 rings (SSSR count). The molecule has 1 atom stereocenters. The molecule has 0 amide bonds. The zero-order chi connectivity index (χ0) is 24.6. The summed E-state index contributed by atoms with van der Waals surface area (Å²) < 4.78 is 57.4. The second kappa shape index (κ2) is 9.26.